The van der Waals surface area contributed by atoms with E-state index in [4.69, 9.17) is 6.42 Å². The summed E-state index contributed by atoms with van der Waals surface area (Å²) in [4.78, 5) is 0. The Balaban J connectivity index is 3.48. The minimum absolute atomic E-state index is 1.12. The molecule has 0 aliphatic rings. The van der Waals surface area contributed by atoms with Crippen LogP contribution in [-0.4, -0.2) is 4.57 Å². The standard InChI is InChI=1S/C15H17N/c1-6-9-11-15-12(4)13(10-7-2)14(8-3)16(15)5/h1,7-11H,3H2,2,4-5H3/b10-7-,11-9-. The van der Waals surface area contributed by atoms with Gasteiger partial charge in [-0.1, -0.05) is 24.7 Å². The Hall–Kier alpha value is -1.94. The van der Waals surface area contributed by atoms with Gasteiger partial charge in [0.25, 0.3) is 0 Å². The van der Waals surface area contributed by atoms with E-state index in [9.17, 15) is 0 Å². The largest absolute Gasteiger partial charge is 0.344 e. The van der Waals surface area contributed by atoms with Crippen LogP contribution in [0.5, 0.6) is 0 Å². The van der Waals surface area contributed by atoms with E-state index in [1.165, 1.54) is 11.1 Å². The Morgan fingerprint density at radius 2 is 2.00 bits per heavy atom. The summed E-state index contributed by atoms with van der Waals surface area (Å²) in [6.45, 7) is 7.96. The Bertz CT molecular complexity index is 490. The average molecular weight is 211 g/mol. The summed E-state index contributed by atoms with van der Waals surface area (Å²) in [6.07, 6.45) is 14.9. The van der Waals surface area contributed by atoms with Crippen LogP contribution < -0.4 is 0 Å². The number of terminal acetylenes is 1. The van der Waals surface area contributed by atoms with Crippen LogP contribution in [0.3, 0.4) is 0 Å². The minimum Gasteiger partial charge on any atom is -0.344 e. The minimum atomic E-state index is 1.12. The zero-order valence-corrected chi connectivity index (χ0v) is 10.1. The highest BCUT2D eigenvalue weighted by molar-refractivity contribution is 5.71. The highest BCUT2D eigenvalue weighted by Gasteiger charge is 2.11. The van der Waals surface area contributed by atoms with Gasteiger partial charge >= 0.3 is 0 Å². The number of hydrogen-bond acceptors (Lipinski definition) is 0. The van der Waals surface area contributed by atoms with E-state index in [2.05, 4.69) is 30.1 Å². The smallest absolute Gasteiger partial charge is 0.0479 e. The van der Waals surface area contributed by atoms with E-state index in [0.717, 1.165) is 11.4 Å². The second-order valence-corrected chi connectivity index (χ2v) is 3.57. The maximum atomic E-state index is 5.23. The van der Waals surface area contributed by atoms with Crippen LogP contribution in [0.15, 0.2) is 18.7 Å². The van der Waals surface area contributed by atoms with Gasteiger partial charge in [0.2, 0.25) is 0 Å². The van der Waals surface area contributed by atoms with Crippen LogP contribution in [0, 0.1) is 19.3 Å². The SMILES string of the molecule is C#C/C=C\c1c(C)c(/C=C\C)c(C=C)n1C. The first kappa shape index (κ1) is 12.1. The Labute approximate surface area is 97.8 Å². The second-order valence-electron chi connectivity index (χ2n) is 3.57. The lowest BCUT2D eigenvalue weighted by molar-refractivity contribution is 0.899. The van der Waals surface area contributed by atoms with E-state index in [1.807, 2.05) is 32.2 Å². The first-order valence-corrected chi connectivity index (χ1v) is 5.24. The van der Waals surface area contributed by atoms with Gasteiger partial charge < -0.3 is 4.57 Å². The molecule has 0 bridgehead atoms. The number of hydrogen-bond donors (Lipinski definition) is 0. The number of rotatable bonds is 3. The third-order valence-electron chi connectivity index (χ3n) is 2.65. The van der Waals surface area contributed by atoms with E-state index in [0.29, 0.717) is 0 Å². The van der Waals surface area contributed by atoms with Crippen molar-refractivity contribution in [3.05, 3.63) is 41.2 Å². The van der Waals surface area contributed by atoms with Gasteiger partial charge in [0.05, 0.1) is 0 Å². The lowest BCUT2D eigenvalue weighted by atomic mass is 10.1. The highest BCUT2D eigenvalue weighted by atomic mass is 15.0. The number of allylic oxidation sites excluding steroid dienone is 2. The lowest BCUT2D eigenvalue weighted by Gasteiger charge is -2.00. The van der Waals surface area contributed by atoms with Crippen LogP contribution in [0.2, 0.25) is 0 Å². The number of aromatic nitrogens is 1. The molecular formula is C15H17N. The van der Waals surface area contributed by atoms with Crippen LogP contribution in [-0.2, 0) is 7.05 Å². The quantitative estimate of drug-likeness (QED) is 0.672. The number of nitrogens with zero attached hydrogens (tertiary/aromatic N) is 1. The molecule has 0 aromatic carbocycles. The molecule has 0 N–H and O–H groups in total. The van der Waals surface area contributed by atoms with Crippen molar-refractivity contribution in [2.75, 3.05) is 0 Å². The van der Waals surface area contributed by atoms with Gasteiger partial charge in [-0.15, -0.1) is 6.42 Å². The molecule has 1 nitrogen and oxygen atoms in total. The molecule has 0 saturated heterocycles. The molecule has 0 spiro atoms. The average Bonchev–Trinajstić information content (AvgIpc) is 2.50. The molecule has 0 amide bonds. The van der Waals surface area contributed by atoms with Gasteiger partial charge in [-0.2, -0.15) is 0 Å². The zero-order chi connectivity index (χ0) is 12.1. The van der Waals surface area contributed by atoms with Crippen molar-refractivity contribution in [1.82, 2.24) is 4.57 Å². The fourth-order valence-electron chi connectivity index (χ4n) is 1.88. The molecule has 0 fully saturated rings. The second kappa shape index (κ2) is 5.23. The van der Waals surface area contributed by atoms with Gasteiger partial charge in [0.1, 0.15) is 0 Å². The summed E-state index contributed by atoms with van der Waals surface area (Å²) in [7, 11) is 2.02. The van der Waals surface area contributed by atoms with E-state index >= 15 is 0 Å². The summed E-state index contributed by atoms with van der Waals surface area (Å²) in [5, 5.41) is 0. The van der Waals surface area contributed by atoms with Crippen molar-refractivity contribution in [2.24, 2.45) is 7.05 Å². The van der Waals surface area contributed by atoms with Crippen molar-refractivity contribution in [2.45, 2.75) is 13.8 Å². The molecule has 0 unspecified atom stereocenters. The van der Waals surface area contributed by atoms with Gasteiger partial charge in [-0.05, 0) is 37.6 Å². The maximum Gasteiger partial charge on any atom is 0.0479 e. The van der Waals surface area contributed by atoms with E-state index in [-0.39, 0.29) is 0 Å². The molecule has 16 heavy (non-hydrogen) atoms. The molecule has 0 atom stereocenters. The molecular weight excluding hydrogens is 194 g/mol. The highest BCUT2D eigenvalue weighted by Crippen LogP contribution is 2.25. The summed E-state index contributed by atoms with van der Waals surface area (Å²) in [6, 6.07) is 0. The van der Waals surface area contributed by atoms with Crippen LogP contribution in [0.1, 0.15) is 29.4 Å². The molecule has 0 saturated carbocycles. The first-order chi connectivity index (χ1) is 7.67. The summed E-state index contributed by atoms with van der Waals surface area (Å²) in [5.74, 6) is 2.51. The third-order valence-corrected chi connectivity index (χ3v) is 2.65. The van der Waals surface area contributed by atoms with Crippen molar-refractivity contribution < 1.29 is 0 Å². The maximum absolute atomic E-state index is 5.23. The van der Waals surface area contributed by atoms with Crippen molar-refractivity contribution >= 4 is 18.2 Å². The summed E-state index contributed by atoms with van der Waals surface area (Å²) < 4.78 is 2.10. The van der Waals surface area contributed by atoms with Crippen LogP contribution in [0.25, 0.3) is 18.2 Å². The fraction of sp³-hybridized carbons (Fsp3) is 0.200. The molecule has 1 heterocycles. The lowest BCUT2D eigenvalue weighted by Crippen LogP contribution is -1.93. The van der Waals surface area contributed by atoms with Crippen LogP contribution >= 0.6 is 0 Å². The summed E-state index contributed by atoms with van der Waals surface area (Å²) >= 11 is 0. The van der Waals surface area contributed by atoms with Gasteiger partial charge in [-0.3, -0.25) is 0 Å². The Morgan fingerprint density at radius 1 is 1.31 bits per heavy atom. The topological polar surface area (TPSA) is 4.93 Å². The zero-order valence-electron chi connectivity index (χ0n) is 10.1. The van der Waals surface area contributed by atoms with Crippen molar-refractivity contribution in [3.8, 4) is 12.3 Å². The third kappa shape index (κ3) is 2.01. The predicted molar refractivity (Wildman–Crippen MR) is 72.8 cm³/mol. The normalized spacial score (nSPS) is 11.1. The van der Waals surface area contributed by atoms with Crippen molar-refractivity contribution in [3.63, 3.8) is 0 Å². The molecule has 1 aromatic rings. The predicted octanol–water partition coefficient (Wildman–Crippen LogP) is 3.66. The Morgan fingerprint density at radius 3 is 2.50 bits per heavy atom. The van der Waals surface area contributed by atoms with Crippen molar-refractivity contribution in [1.29, 1.82) is 0 Å². The molecule has 1 rings (SSSR count). The molecule has 1 aromatic heterocycles. The molecule has 1 heteroatoms. The van der Waals surface area contributed by atoms with Gasteiger partial charge in [-0.25, -0.2) is 0 Å². The van der Waals surface area contributed by atoms with Crippen LogP contribution in [0.4, 0.5) is 0 Å². The summed E-state index contributed by atoms with van der Waals surface area (Å²) in [5.41, 5.74) is 4.67. The molecule has 0 aliphatic carbocycles. The first-order valence-electron chi connectivity index (χ1n) is 5.24. The monoisotopic (exact) mass is 211 g/mol. The van der Waals surface area contributed by atoms with Gasteiger partial charge in [0.15, 0.2) is 0 Å². The fourth-order valence-corrected chi connectivity index (χ4v) is 1.88. The van der Waals surface area contributed by atoms with E-state index in [1.54, 1.807) is 6.08 Å². The molecule has 0 radical (unpaired) electrons. The van der Waals surface area contributed by atoms with E-state index < -0.39 is 0 Å². The Kier molecular flexibility index (Phi) is 3.96. The van der Waals surface area contributed by atoms with Gasteiger partial charge in [0, 0.05) is 24.0 Å². The molecule has 82 valence electrons. The molecule has 0 aliphatic heterocycles.